The summed E-state index contributed by atoms with van der Waals surface area (Å²) in [4.78, 5) is 34.2. The SMILES string of the molecule is CC(=O)c1ccc(C)c(-c2nc(NCCNC(C)C)nc3c2ccc(=O)n3-c2c(F)cccc2F)c1. The number of fused-ring (bicyclic) bond motifs is 1. The number of anilines is 1. The van der Waals surface area contributed by atoms with Gasteiger partial charge in [0.15, 0.2) is 11.4 Å². The van der Waals surface area contributed by atoms with Crippen molar-refractivity contribution in [3.8, 4) is 16.9 Å². The number of nitrogens with zero attached hydrogens (tertiary/aromatic N) is 3. The maximum Gasteiger partial charge on any atom is 0.256 e. The van der Waals surface area contributed by atoms with E-state index in [0.717, 1.165) is 22.3 Å². The lowest BCUT2D eigenvalue weighted by atomic mass is 9.98. The van der Waals surface area contributed by atoms with Crippen molar-refractivity contribution in [1.82, 2.24) is 19.9 Å². The highest BCUT2D eigenvalue weighted by atomic mass is 19.1. The Morgan fingerprint density at radius 2 is 1.75 bits per heavy atom. The van der Waals surface area contributed by atoms with Gasteiger partial charge >= 0.3 is 0 Å². The van der Waals surface area contributed by atoms with Crippen LogP contribution in [0.1, 0.15) is 36.7 Å². The Morgan fingerprint density at radius 3 is 2.42 bits per heavy atom. The average Bonchev–Trinajstić information content (AvgIpc) is 2.82. The maximum absolute atomic E-state index is 14.8. The van der Waals surface area contributed by atoms with Crippen LogP contribution in [0.2, 0.25) is 0 Å². The number of carbonyl (C=O) groups is 1. The number of ketones is 1. The molecule has 0 atom stereocenters. The number of nitrogens with one attached hydrogen (secondary N) is 2. The van der Waals surface area contributed by atoms with Gasteiger partial charge in [-0.15, -0.1) is 0 Å². The molecule has 0 aliphatic heterocycles. The van der Waals surface area contributed by atoms with E-state index in [1.807, 2.05) is 26.8 Å². The van der Waals surface area contributed by atoms with Gasteiger partial charge in [0.2, 0.25) is 5.95 Å². The van der Waals surface area contributed by atoms with E-state index in [1.54, 1.807) is 12.1 Å². The van der Waals surface area contributed by atoms with E-state index in [1.165, 1.54) is 25.1 Å². The Balaban J connectivity index is 2.01. The predicted molar refractivity (Wildman–Crippen MR) is 137 cm³/mol. The molecule has 0 aliphatic rings. The fraction of sp³-hybridized carbons (Fsp3) is 0.259. The van der Waals surface area contributed by atoms with E-state index < -0.39 is 22.9 Å². The van der Waals surface area contributed by atoms with Crippen molar-refractivity contribution in [2.45, 2.75) is 33.7 Å². The molecule has 0 bridgehead atoms. The van der Waals surface area contributed by atoms with Crippen molar-refractivity contribution < 1.29 is 13.6 Å². The van der Waals surface area contributed by atoms with Gasteiger partial charge in [0.05, 0.1) is 5.69 Å². The zero-order valence-electron chi connectivity index (χ0n) is 20.5. The monoisotopic (exact) mass is 491 g/mol. The van der Waals surface area contributed by atoms with E-state index in [-0.39, 0.29) is 23.4 Å². The summed E-state index contributed by atoms with van der Waals surface area (Å²) in [5.74, 6) is -1.71. The molecule has 7 nitrogen and oxygen atoms in total. The summed E-state index contributed by atoms with van der Waals surface area (Å²) >= 11 is 0. The zero-order chi connectivity index (χ0) is 26.0. The molecule has 0 unspecified atom stereocenters. The number of para-hydroxylation sites is 1. The molecule has 0 spiro atoms. The quantitative estimate of drug-likeness (QED) is 0.276. The molecule has 2 heterocycles. The molecule has 4 aromatic rings. The second kappa shape index (κ2) is 10.3. The highest BCUT2D eigenvalue weighted by Crippen LogP contribution is 2.31. The summed E-state index contributed by atoms with van der Waals surface area (Å²) in [5, 5.41) is 6.82. The Labute approximate surface area is 207 Å². The number of halogens is 2. The van der Waals surface area contributed by atoms with Gasteiger partial charge in [-0.3, -0.25) is 14.2 Å². The van der Waals surface area contributed by atoms with Crippen molar-refractivity contribution in [1.29, 1.82) is 0 Å². The number of hydrogen-bond acceptors (Lipinski definition) is 6. The normalized spacial score (nSPS) is 11.3. The number of hydrogen-bond donors (Lipinski definition) is 2. The molecule has 0 saturated heterocycles. The number of rotatable bonds is 8. The number of pyridine rings is 1. The summed E-state index contributed by atoms with van der Waals surface area (Å²) in [5.41, 5.74) is 1.30. The molecule has 4 rings (SSSR count). The molecular formula is C27H27F2N5O2. The van der Waals surface area contributed by atoms with Gasteiger partial charge in [0.25, 0.3) is 5.56 Å². The lowest BCUT2D eigenvalue weighted by Crippen LogP contribution is -2.28. The summed E-state index contributed by atoms with van der Waals surface area (Å²) in [6.45, 7) is 8.49. The molecule has 0 radical (unpaired) electrons. The van der Waals surface area contributed by atoms with Crippen LogP contribution in [0, 0.1) is 18.6 Å². The fourth-order valence-corrected chi connectivity index (χ4v) is 3.95. The molecule has 0 fully saturated rings. The smallest absolute Gasteiger partial charge is 0.256 e. The first-order valence-electron chi connectivity index (χ1n) is 11.6. The zero-order valence-corrected chi connectivity index (χ0v) is 20.5. The van der Waals surface area contributed by atoms with Crippen molar-refractivity contribution in [3.63, 3.8) is 0 Å². The number of benzene rings is 2. The van der Waals surface area contributed by atoms with E-state index >= 15 is 0 Å². The molecule has 0 saturated carbocycles. The first-order chi connectivity index (χ1) is 17.2. The molecule has 2 aromatic heterocycles. The standard InChI is InChI=1S/C27H27F2N5O2/c1-15(2)30-12-13-31-27-32-24(20-14-18(17(4)35)9-8-16(20)3)19-10-11-23(36)34(26(19)33-27)25-21(28)6-5-7-22(25)29/h5-11,14-15,30H,12-13H2,1-4H3,(H,31,32,33). The van der Waals surface area contributed by atoms with Gasteiger partial charge in [-0.25, -0.2) is 13.8 Å². The van der Waals surface area contributed by atoms with Gasteiger partial charge < -0.3 is 10.6 Å². The third-order valence-corrected chi connectivity index (χ3v) is 5.77. The molecule has 2 N–H and O–H groups in total. The van der Waals surface area contributed by atoms with Crippen molar-refractivity contribution >= 4 is 22.8 Å². The number of aromatic nitrogens is 3. The van der Waals surface area contributed by atoms with Crippen molar-refractivity contribution in [3.05, 3.63) is 81.6 Å². The van der Waals surface area contributed by atoms with Crippen LogP contribution in [0.3, 0.4) is 0 Å². The van der Waals surface area contributed by atoms with Crippen LogP contribution >= 0.6 is 0 Å². The van der Waals surface area contributed by atoms with Crippen LogP contribution in [0.5, 0.6) is 0 Å². The molecule has 0 aliphatic carbocycles. The Morgan fingerprint density at radius 1 is 1.03 bits per heavy atom. The van der Waals surface area contributed by atoms with E-state index in [9.17, 15) is 18.4 Å². The van der Waals surface area contributed by atoms with Crippen molar-refractivity contribution in [2.24, 2.45) is 0 Å². The van der Waals surface area contributed by atoms with Gasteiger partial charge in [-0.1, -0.05) is 32.0 Å². The largest absolute Gasteiger partial charge is 0.353 e. The molecular weight excluding hydrogens is 464 g/mol. The van der Waals surface area contributed by atoms with E-state index in [0.29, 0.717) is 35.3 Å². The van der Waals surface area contributed by atoms with Crippen LogP contribution in [0.15, 0.2) is 53.3 Å². The molecule has 2 aromatic carbocycles. The molecule has 9 heteroatoms. The second-order valence-electron chi connectivity index (χ2n) is 8.83. The first kappa shape index (κ1) is 25.1. The molecule has 186 valence electrons. The number of carbonyl (C=O) groups excluding carboxylic acids is 1. The lowest BCUT2D eigenvalue weighted by Gasteiger charge is -2.16. The lowest BCUT2D eigenvalue weighted by molar-refractivity contribution is 0.101. The van der Waals surface area contributed by atoms with Crippen molar-refractivity contribution in [2.75, 3.05) is 18.4 Å². The highest BCUT2D eigenvalue weighted by Gasteiger charge is 2.20. The summed E-state index contributed by atoms with van der Waals surface area (Å²) in [7, 11) is 0. The minimum absolute atomic E-state index is 0.0449. The van der Waals surface area contributed by atoms with Gasteiger partial charge in [0, 0.05) is 41.7 Å². The summed E-state index contributed by atoms with van der Waals surface area (Å²) < 4.78 is 30.5. The third-order valence-electron chi connectivity index (χ3n) is 5.77. The topological polar surface area (TPSA) is 88.9 Å². The number of Topliss-reactive ketones (excluding diaryl/α,β-unsaturated/α-hetero) is 1. The van der Waals surface area contributed by atoms with E-state index in [2.05, 4.69) is 15.6 Å². The highest BCUT2D eigenvalue weighted by molar-refractivity contribution is 5.98. The summed E-state index contributed by atoms with van der Waals surface area (Å²) in [6, 6.07) is 11.7. The average molecular weight is 492 g/mol. The van der Waals surface area contributed by atoms with Gasteiger partial charge in [-0.2, -0.15) is 4.98 Å². The molecule has 36 heavy (non-hydrogen) atoms. The van der Waals surface area contributed by atoms with Crippen LogP contribution in [-0.2, 0) is 0 Å². The minimum atomic E-state index is -0.893. The molecule has 0 amide bonds. The fourth-order valence-electron chi connectivity index (χ4n) is 3.95. The Bertz CT molecular complexity index is 1490. The summed E-state index contributed by atoms with van der Waals surface area (Å²) in [6.07, 6.45) is 0. The van der Waals surface area contributed by atoms with Crippen LogP contribution in [0.25, 0.3) is 28.0 Å². The first-order valence-corrected chi connectivity index (χ1v) is 11.6. The van der Waals surface area contributed by atoms with Crippen LogP contribution < -0.4 is 16.2 Å². The Hall–Kier alpha value is -3.98. The number of aryl methyl sites for hydroxylation is 1. The maximum atomic E-state index is 14.8. The van der Waals surface area contributed by atoms with Gasteiger partial charge in [-0.05, 0) is 43.7 Å². The van der Waals surface area contributed by atoms with Crippen LogP contribution in [-0.4, -0.2) is 39.4 Å². The van der Waals surface area contributed by atoms with E-state index in [4.69, 9.17) is 4.98 Å². The minimum Gasteiger partial charge on any atom is -0.353 e. The third kappa shape index (κ3) is 5.01. The second-order valence-corrected chi connectivity index (χ2v) is 8.83. The Kier molecular flexibility index (Phi) is 7.21. The van der Waals surface area contributed by atoms with Crippen LogP contribution in [0.4, 0.5) is 14.7 Å². The predicted octanol–water partition coefficient (Wildman–Crippen LogP) is 4.65. The van der Waals surface area contributed by atoms with Gasteiger partial charge in [0.1, 0.15) is 17.3 Å².